The predicted molar refractivity (Wildman–Crippen MR) is 73.1 cm³/mol. The molecule has 1 heterocycles. The number of halogens is 1. The van der Waals surface area contributed by atoms with Gasteiger partial charge in [-0.3, -0.25) is 4.79 Å². The summed E-state index contributed by atoms with van der Waals surface area (Å²) < 4.78 is 6.39. The van der Waals surface area contributed by atoms with E-state index < -0.39 is 0 Å². The normalized spacial score (nSPS) is 15.0. The number of rotatable bonds is 4. The topological polar surface area (TPSA) is 26.3 Å². The molecule has 1 aromatic carbocycles. The Morgan fingerprint density at radius 3 is 2.76 bits per heavy atom. The molecule has 0 unspecified atom stereocenters. The molecule has 0 atom stereocenters. The Labute approximate surface area is 114 Å². The standard InChI is InChI=1S/C13H13BrO2S/c14-10-4-6-11(7-5-10)17-9-12(15)13-3-1-2-8-16-13/h3-7H,1-2,8-9H2. The number of carbonyl (C=O) groups is 1. The van der Waals surface area contributed by atoms with Gasteiger partial charge < -0.3 is 4.74 Å². The molecule has 0 amide bonds. The molecule has 0 saturated heterocycles. The summed E-state index contributed by atoms with van der Waals surface area (Å²) in [4.78, 5) is 12.9. The van der Waals surface area contributed by atoms with Gasteiger partial charge in [0.1, 0.15) is 0 Å². The highest BCUT2D eigenvalue weighted by atomic mass is 79.9. The van der Waals surface area contributed by atoms with Gasteiger partial charge in [-0.25, -0.2) is 0 Å². The van der Waals surface area contributed by atoms with E-state index >= 15 is 0 Å². The molecule has 0 N–H and O–H groups in total. The van der Waals surface area contributed by atoms with Crippen LogP contribution >= 0.6 is 27.7 Å². The molecule has 2 rings (SSSR count). The summed E-state index contributed by atoms with van der Waals surface area (Å²) >= 11 is 4.92. The average Bonchev–Trinajstić information content (AvgIpc) is 2.39. The molecule has 1 aromatic rings. The minimum Gasteiger partial charge on any atom is -0.490 e. The first-order chi connectivity index (χ1) is 8.25. The first kappa shape index (κ1) is 12.7. The minimum absolute atomic E-state index is 0.0811. The maximum Gasteiger partial charge on any atom is 0.207 e. The summed E-state index contributed by atoms with van der Waals surface area (Å²) in [6, 6.07) is 7.95. The molecule has 0 bridgehead atoms. The largest absolute Gasteiger partial charge is 0.490 e. The summed E-state index contributed by atoms with van der Waals surface area (Å²) in [5.74, 6) is 1.06. The fourth-order valence-electron chi connectivity index (χ4n) is 1.50. The number of hydrogen-bond acceptors (Lipinski definition) is 3. The Morgan fingerprint density at radius 1 is 1.35 bits per heavy atom. The van der Waals surface area contributed by atoms with Gasteiger partial charge in [-0.1, -0.05) is 15.9 Å². The van der Waals surface area contributed by atoms with Gasteiger partial charge in [-0.2, -0.15) is 0 Å². The van der Waals surface area contributed by atoms with Crippen molar-refractivity contribution in [2.75, 3.05) is 12.4 Å². The first-order valence-electron chi connectivity index (χ1n) is 5.50. The van der Waals surface area contributed by atoms with Crippen molar-refractivity contribution in [2.45, 2.75) is 17.7 Å². The molecule has 0 fully saturated rings. The summed E-state index contributed by atoms with van der Waals surface area (Å²) in [5, 5.41) is 0. The van der Waals surface area contributed by atoms with Gasteiger partial charge in [0.05, 0.1) is 12.4 Å². The van der Waals surface area contributed by atoms with Crippen molar-refractivity contribution in [3.63, 3.8) is 0 Å². The van der Waals surface area contributed by atoms with Gasteiger partial charge >= 0.3 is 0 Å². The van der Waals surface area contributed by atoms with Crippen molar-refractivity contribution < 1.29 is 9.53 Å². The Bertz CT molecular complexity index is 426. The maximum absolute atomic E-state index is 11.8. The number of ether oxygens (including phenoxy) is 1. The fourth-order valence-corrected chi connectivity index (χ4v) is 2.54. The van der Waals surface area contributed by atoms with Crippen LogP contribution in [0.4, 0.5) is 0 Å². The third kappa shape index (κ3) is 3.89. The van der Waals surface area contributed by atoms with Crippen LogP contribution in [0.5, 0.6) is 0 Å². The SMILES string of the molecule is O=C(CSc1ccc(Br)cc1)C1=CCCCO1. The zero-order chi connectivity index (χ0) is 12.1. The highest BCUT2D eigenvalue weighted by Crippen LogP contribution is 2.22. The minimum atomic E-state index is 0.0811. The molecule has 0 spiro atoms. The molecule has 1 aliphatic rings. The van der Waals surface area contributed by atoms with E-state index in [2.05, 4.69) is 15.9 Å². The fraction of sp³-hybridized carbons (Fsp3) is 0.308. The van der Waals surface area contributed by atoms with Gasteiger partial charge in [0.15, 0.2) is 5.76 Å². The molecule has 0 aromatic heterocycles. The van der Waals surface area contributed by atoms with Crippen LogP contribution in [0.15, 0.2) is 45.5 Å². The second kappa shape index (κ2) is 6.26. The van der Waals surface area contributed by atoms with Gasteiger partial charge in [-0.15, -0.1) is 11.8 Å². The quantitative estimate of drug-likeness (QED) is 0.791. The van der Waals surface area contributed by atoms with Crippen molar-refractivity contribution in [3.8, 4) is 0 Å². The lowest BCUT2D eigenvalue weighted by Gasteiger charge is -2.13. The van der Waals surface area contributed by atoms with Crippen LogP contribution in [-0.4, -0.2) is 18.1 Å². The molecule has 1 aliphatic heterocycles. The highest BCUT2D eigenvalue weighted by molar-refractivity contribution is 9.10. The molecule has 17 heavy (non-hydrogen) atoms. The van der Waals surface area contributed by atoms with Crippen molar-refractivity contribution in [1.82, 2.24) is 0 Å². The summed E-state index contributed by atoms with van der Waals surface area (Å²) in [7, 11) is 0. The van der Waals surface area contributed by atoms with Crippen LogP contribution in [0.2, 0.25) is 0 Å². The van der Waals surface area contributed by atoms with Crippen LogP contribution in [0.25, 0.3) is 0 Å². The number of Topliss-reactive ketones (excluding diaryl/α,β-unsaturated/α-hetero) is 1. The van der Waals surface area contributed by atoms with Crippen LogP contribution in [-0.2, 0) is 9.53 Å². The van der Waals surface area contributed by atoms with Gasteiger partial charge in [0, 0.05) is 9.37 Å². The van der Waals surface area contributed by atoms with Crippen molar-refractivity contribution in [3.05, 3.63) is 40.6 Å². The molecule has 2 nitrogen and oxygen atoms in total. The van der Waals surface area contributed by atoms with Gasteiger partial charge in [0.25, 0.3) is 0 Å². The number of thioether (sulfide) groups is 1. The van der Waals surface area contributed by atoms with E-state index in [0.29, 0.717) is 18.1 Å². The molecular weight excluding hydrogens is 300 g/mol. The molecule has 0 saturated carbocycles. The van der Waals surface area contributed by atoms with Crippen LogP contribution in [0, 0.1) is 0 Å². The van der Waals surface area contributed by atoms with E-state index in [-0.39, 0.29) is 5.78 Å². The second-order valence-corrected chi connectivity index (χ2v) is 5.69. The molecule has 0 aliphatic carbocycles. The lowest BCUT2D eigenvalue weighted by Crippen LogP contribution is -2.12. The summed E-state index contributed by atoms with van der Waals surface area (Å²) in [6.07, 6.45) is 3.86. The number of benzene rings is 1. The Hall–Kier alpha value is -0.740. The molecule has 0 radical (unpaired) electrons. The first-order valence-corrected chi connectivity index (χ1v) is 7.28. The summed E-state index contributed by atoms with van der Waals surface area (Å²) in [6.45, 7) is 0.667. The number of allylic oxidation sites excluding steroid dienone is 2. The van der Waals surface area contributed by atoms with Crippen molar-refractivity contribution in [1.29, 1.82) is 0 Å². The Morgan fingerprint density at radius 2 is 2.12 bits per heavy atom. The predicted octanol–water partition coefficient (Wildman–Crippen LogP) is 3.80. The molecule has 4 heteroatoms. The van der Waals surface area contributed by atoms with E-state index in [4.69, 9.17) is 4.74 Å². The van der Waals surface area contributed by atoms with E-state index in [9.17, 15) is 4.79 Å². The zero-order valence-electron chi connectivity index (χ0n) is 9.32. The maximum atomic E-state index is 11.8. The molecular formula is C13H13BrO2S. The molecule has 90 valence electrons. The van der Waals surface area contributed by atoms with Gasteiger partial charge in [0.2, 0.25) is 5.78 Å². The Balaban J connectivity index is 1.87. The lowest BCUT2D eigenvalue weighted by atomic mass is 10.2. The third-order valence-corrected chi connectivity index (χ3v) is 3.93. The monoisotopic (exact) mass is 312 g/mol. The third-order valence-electron chi connectivity index (χ3n) is 2.39. The van der Waals surface area contributed by atoms with Crippen molar-refractivity contribution in [2.24, 2.45) is 0 Å². The Kier molecular flexibility index (Phi) is 4.68. The highest BCUT2D eigenvalue weighted by Gasteiger charge is 2.13. The van der Waals surface area contributed by atoms with E-state index in [0.717, 1.165) is 22.2 Å². The number of carbonyl (C=O) groups excluding carboxylic acids is 1. The van der Waals surface area contributed by atoms with E-state index in [1.807, 2.05) is 30.3 Å². The van der Waals surface area contributed by atoms with Crippen molar-refractivity contribution >= 4 is 33.5 Å². The van der Waals surface area contributed by atoms with Crippen LogP contribution in [0.1, 0.15) is 12.8 Å². The number of ketones is 1. The zero-order valence-corrected chi connectivity index (χ0v) is 11.7. The van der Waals surface area contributed by atoms with Crippen LogP contribution in [0.3, 0.4) is 0 Å². The van der Waals surface area contributed by atoms with Crippen LogP contribution < -0.4 is 0 Å². The second-order valence-electron chi connectivity index (χ2n) is 3.72. The average molecular weight is 313 g/mol. The summed E-state index contributed by atoms with van der Waals surface area (Å²) in [5.41, 5.74) is 0. The lowest BCUT2D eigenvalue weighted by molar-refractivity contribution is -0.116. The van der Waals surface area contributed by atoms with Gasteiger partial charge in [-0.05, 0) is 43.2 Å². The van der Waals surface area contributed by atoms with E-state index in [1.54, 1.807) is 0 Å². The van der Waals surface area contributed by atoms with E-state index in [1.165, 1.54) is 11.8 Å². The number of hydrogen-bond donors (Lipinski definition) is 0. The smallest absolute Gasteiger partial charge is 0.207 e.